The van der Waals surface area contributed by atoms with Crippen LogP contribution in [0.5, 0.6) is 0 Å². The van der Waals surface area contributed by atoms with E-state index in [-0.39, 0.29) is 32.0 Å². The Kier molecular flexibility index (Phi) is 43.7. The Hall–Kier alpha value is -2.03. The minimum atomic E-state index is -4.38. The molecule has 2 atom stereocenters. The van der Waals surface area contributed by atoms with Crippen LogP contribution in [-0.4, -0.2) is 74.9 Å². The van der Waals surface area contributed by atoms with Gasteiger partial charge in [-0.25, -0.2) is 4.57 Å². The maximum Gasteiger partial charge on any atom is 0.472 e. The average molecular weight is 909 g/mol. The van der Waals surface area contributed by atoms with Crippen molar-refractivity contribution in [1.29, 1.82) is 0 Å². The summed E-state index contributed by atoms with van der Waals surface area (Å²) in [5, 5.41) is 0. The van der Waals surface area contributed by atoms with Crippen LogP contribution in [0.15, 0.2) is 48.6 Å². The van der Waals surface area contributed by atoms with Gasteiger partial charge in [-0.3, -0.25) is 18.6 Å². The van der Waals surface area contributed by atoms with Crippen LogP contribution in [0.3, 0.4) is 0 Å². The fourth-order valence-electron chi connectivity index (χ4n) is 7.02. The van der Waals surface area contributed by atoms with Crippen molar-refractivity contribution in [3.05, 3.63) is 48.6 Å². The Bertz CT molecular complexity index is 1210. The van der Waals surface area contributed by atoms with Crippen molar-refractivity contribution in [2.75, 3.05) is 47.5 Å². The number of unbranched alkanes of at least 4 members (excludes halogenated alkanes) is 25. The van der Waals surface area contributed by atoms with Gasteiger partial charge in [-0.2, -0.15) is 0 Å². The molecule has 1 N–H and O–H groups in total. The maximum absolute atomic E-state index is 12.8. The highest BCUT2D eigenvalue weighted by Crippen LogP contribution is 2.43. The quantitative estimate of drug-likeness (QED) is 0.0211. The van der Waals surface area contributed by atoms with E-state index >= 15 is 0 Å². The van der Waals surface area contributed by atoms with E-state index in [0.29, 0.717) is 17.4 Å². The van der Waals surface area contributed by atoms with Crippen molar-refractivity contribution >= 4 is 19.8 Å². The number of allylic oxidation sites excluding steroid dienone is 8. The number of phosphoric acid groups is 1. The van der Waals surface area contributed by atoms with Crippen molar-refractivity contribution in [2.24, 2.45) is 0 Å². The summed E-state index contributed by atoms with van der Waals surface area (Å²) in [4.78, 5) is 35.6. The van der Waals surface area contributed by atoms with Crippen molar-refractivity contribution in [2.45, 2.75) is 232 Å². The van der Waals surface area contributed by atoms with Gasteiger partial charge in [0.05, 0.1) is 27.7 Å². The van der Waals surface area contributed by atoms with Gasteiger partial charge in [-0.1, -0.05) is 184 Å². The number of ether oxygens (including phenoxy) is 2. The van der Waals surface area contributed by atoms with Gasteiger partial charge in [0.25, 0.3) is 0 Å². The first kappa shape index (κ1) is 61.0. The van der Waals surface area contributed by atoms with Gasteiger partial charge in [-0.05, 0) is 77.0 Å². The number of likely N-dealkylation sites (N-methyl/N-ethyl adjacent to an activating group) is 1. The van der Waals surface area contributed by atoms with Crippen molar-refractivity contribution < 1.29 is 42.1 Å². The zero-order valence-electron chi connectivity index (χ0n) is 41.6. The first-order valence-electron chi connectivity index (χ1n) is 25.9. The zero-order valence-corrected chi connectivity index (χ0v) is 42.5. The molecule has 0 fully saturated rings. The Morgan fingerprint density at radius 2 is 0.857 bits per heavy atom. The normalized spacial score (nSPS) is 13.8. The van der Waals surface area contributed by atoms with Crippen LogP contribution in [0.4, 0.5) is 0 Å². The number of rotatable bonds is 47. The minimum Gasteiger partial charge on any atom is -0.462 e. The number of phosphoric ester groups is 1. The number of hydrogen-bond donors (Lipinski definition) is 1. The lowest BCUT2D eigenvalue weighted by Crippen LogP contribution is -2.37. The zero-order chi connectivity index (χ0) is 46.4. The first-order valence-corrected chi connectivity index (χ1v) is 27.4. The summed E-state index contributed by atoms with van der Waals surface area (Å²) >= 11 is 0. The summed E-state index contributed by atoms with van der Waals surface area (Å²) < 4.78 is 34.5. The monoisotopic (exact) mass is 909 g/mol. The van der Waals surface area contributed by atoms with E-state index in [9.17, 15) is 19.0 Å². The minimum absolute atomic E-state index is 0.0285. The second-order valence-corrected chi connectivity index (χ2v) is 20.0. The Balaban J connectivity index is 4.27. The molecule has 9 nitrogen and oxygen atoms in total. The van der Waals surface area contributed by atoms with Crippen molar-refractivity contribution in [3.63, 3.8) is 0 Å². The van der Waals surface area contributed by atoms with Crippen LogP contribution in [0, 0.1) is 0 Å². The standard InChI is InChI=1S/C53H98NO8P/c1-6-8-10-12-14-16-18-20-22-24-26-27-28-30-32-34-36-38-40-42-44-46-53(56)62-51(50-61-63(57,58)60-48-47-54(3,4)5)49-59-52(55)45-43-41-39-37-35-33-31-29-25-23-21-19-17-15-13-11-9-7-2/h17-20,23-26,51H,6-16,21-22,27-50H2,1-5H3/p+1/b19-17-,20-18-,25-23-,26-24-. The molecule has 2 unspecified atom stereocenters. The maximum atomic E-state index is 12.8. The second-order valence-electron chi connectivity index (χ2n) is 18.5. The molecule has 368 valence electrons. The first-order chi connectivity index (χ1) is 30.5. The largest absolute Gasteiger partial charge is 0.472 e. The van der Waals surface area contributed by atoms with E-state index in [0.717, 1.165) is 70.6 Å². The molecule has 10 heteroatoms. The van der Waals surface area contributed by atoms with Gasteiger partial charge >= 0.3 is 19.8 Å². The fraction of sp³-hybridized carbons (Fsp3) is 0.811. The number of carbonyl (C=O) groups excluding carboxylic acids is 2. The van der Waals surface area contributed by atoms with Crippen LogP contribution < -0.4 is 0 Å². The van der Waals surface area contributed by atoms with E-state index in [4.69, 9.17) is 18.5 Å². The van der Waals surface area contributed by atoms with Gasteiger partial charge in [0.1, 0.15) is 19.8 Å². The van der Waals surface area contributed by atoms with Crippen LogP contribution in [0.1, 0.15) is 226 Å². The molecule has 0 rings (SSSR count). The van der Waals surface area contributed by atoms with Gasteiger partial charge in [0.15, 0.2) is 6.10 Å². The Labute approximate surface area is 388 Å². The summed E-state index contributed by atoms with van der Waals surface area (Å²) in [6.07, 6.45) is 54.4. The second kappa shape index (κ2) is 45.1. The molecule has 63 heavy (non-hydrogen) atoms. The third-order valence-electron chi connectivity index (χ3n) is 11.1. The molecule has 0 aromatic carbocycles. The third-order valence-corrected chi connectivity index (χ3v) is 12.1. The lowest BCUT2D eigenvalue weighted by molar-refractivity contribution is -0.870. The van der Waals surface area contributed by atoms with Crippen molar-refractivity contribution in [1.82, 2.24) is 0 Å². The highest BCUT2D eigenvalue weighted by molar-refractivity contribution is 7.47. The van der Waals surface area contributed by atoms with E-state index < -0.39 is 26.5 Å². The molecule has 0 bridgehead atoms. The predicted octanol–water partition coefficient (Wildman–Crippen LogP) is 15.4. The fourth-order valence-corrected chi connectivity index (χ4v) is 7.76. The molecular formula is C53H99NO8P+. The van der Waals surface area contributed by atoms with Crippen LogP contribution in [0.25, 0.3) is 0 Å². The number of quaternary nitrogens is 1. The van der Waals surface area contributed by atoms with E-state index in [1.807, 2.05) is 21.1 Å². The number of hydrogen-bond acceptors (Lipinski definition) is 7. The van der Waals surface area contributed by atoms with Crippen molar-refractivity contribution in [3.8, 4) is 0 Å². The number of nitrogens with zero attached hydrogens (tertiary/aromatic N) is 1. The molecule has 0 spiro atoms. The Morgan fingerprint density at radius 3 is 1.27 bits per heavy atom. The molecule has 0 aliphatic carbocycles. The molecule has 0 aromatic heterocycles. The summed E-state index contributed by atoms with van der Waals surface area (Å²) in [6, 6.07) is 0. The molecular weight excluding hydrogens is 810 g/mol. The van der Waals surface area contributed by atoms with Crippen LogP contribution >= 0.6 is 7.82 Å². The van der Waals surface area contributed by atoms with Gasteiger partial charge in [0, 0.05) is 12.8 Å². The summed E-state index contributed by atoms with van der Waals surface area (Å²) in [6.45, 7) is 4.40. The summed E-state index contributed by atoms with van der Waals surface area (Å²) in [5.74, 6) is -0.808. The molecule has 0 amide bonds. The van der Waals surface area contributed by atoms with E-state index in [1.165, 1.54) is 122 Å². The SMILES string of the molecule is CCCCCC/C=C\C/C=C\CCCCCCCCCC(=O)OCC(COP(=O)(O)OCC[N+](C)(C)C)OC(=O)CCCCCCCCCCC/C=C\C/C=C\CCCCCCC. The van der Waals surface area contributed by atoms with Gasteiger partial charge in [0.2, 0.25) is 0 Å². The molecule has 0 aromatic rings. The summed E-state index contributed by atoms with van der Waals surface area (Å²) in [5.41, 5.74) is 0. The van der Waals surface area contributed by atoms with E-state index in [2.05, 4.69) is 62.5 Å². The lowest BCUT2D eigenvalue weighted by atomic mass is 10.1. The molecule has 0 heterocycles. The number of esters is 2. The average Bonchev–Trinajstić information content (AvgIpc) is 3.24. The lowest BCUT2D eigenvalue weighted by Gasteiger charge is -2.24. The molecule has 0 saturated carbocycles. The molecule has 0 aliphatic rings. The molecule has 0 aliphatic heterocycles. The highest BCUT2D eigenvalue weighted by atomic mass is 31.2. The number of carbonyl (C=O) groups is 2. The van der Waals surface area contributed by atoms with Crippen LogP contribution in [-0.2, 0) is 32.7 Å². The molecule has 0 saturated heterocycles. The van der Waals surface area contributed by atoms with E-state index in [1.54, 1.807) is 0 Å². The van der Waals surface area contributed by atoms with Gasteiger partial charge in [-0.15, -0.1) is 0 Å². The summed E-state index contributed by atoms with van der Waals surface area (Å²) in [7, 11) is 1.47. The van der Waals surface area contributed by atoms with Gasteiger partial charge < -0.3 is 18.9 Å². The third kappa shape index (κ3) is 49.2. The smallest absolute Gasteiger partial charge is 0.462 e. The Morgan fingerprint density at radius 1 is 0.492 bits per heavy atom. The highest BCUT2D eigenvalue weighted by Gasteiger charge is 2.27. The topological polar surface area (TPSA) is 108 Å². The predicted molar refractivity (Wildman–Crippen MR) is 266 cm³/mol. The molecule has 0 radical (unpaired) electrons. The van der Waals surface area contributed by atoms with Crippen LogP contribution in [0.2, 0.25) is 0 Å².